The first-order valence-corrected chi connectivity index (χ1v) is 5.46. The van der Waals surface area contributed by atoms with E-state index in [1.54, 1.807) is 30.6 Å². The molecule has 1 heterocycles. The molecule has 1 aromatic heterocycles. The van der Waals surface area contributed by atoms with Crippen LogP contribution < -0.4 is 5.73 Å². The minimum Gasteiger partial charge on any atom is -0.395 e. The molecule has 1 aromatic rings. The Morgan fingerprint density at radius 1 is 1.62 bits per heavy atom. The number of hydrogen-bond donors (Lipinski definition) is 1. The molecule has 90 valence electrons. The SMILES string of the molecule is CCC(C)N(C)C(=O)c1c(N)c(C)nn1C. The number of carbonyl (C=O) groups is 1. The second-order valence-corrected chi connectivity index (χ2v) is 4.14. The Morgan fingerprint density at radius 2 is 2.19 bits per heavy atom. The summed E-state index contributed by atoms with van der Waals surface area (Å²) in [5.74, 6) is -0.0741. The Bertz CT molecular complexity index is 397. The van der Waals surface area contributed by atoms with Crippen LogP contribution in [0.2, 0.25) is 0 Å². The van der Waals surface area contributed by atoms with E-state index in [1.807, 2.05) is 13.8 Å². The van der Waals surface area contributed by atoms with Crippen molar-refractivity contribution in [3.63, 3.8) is 0 Å². The van der Waals surface area contributed by atoms with Gasteiger partial charge in [-0.1, -0.05) is 6.92 Å². The van der Waals surface area contributed by atoms with E-state index in [4.69, 9.17) is 5.73 Å². The highest BCUT2D eigenvalue weighted by Gasteiger charge is 2.23. The fourth-order valence-electron chi connectivity index (χ4n) is 1.57. The first-order chi connectivity index (χ1) is 7.40. The van der Waals surface area contributed by atoms with Crippen molar-refractivity contribution in [1.29, 1.82) is 0 Å². The number of nitrogen functional groups attached to an aromatic ring is 1. The van der Waals surface area contributed by atoms with Crippen LogP contribution >= 0.6 is 0 Å². The van der Waals surface area contributed by atoms with Crippen molar-refractivity contribution in [1.82, 2.24) is 14.7 Å². The van der Waals surface area contributed by atoms with Crippen LogP contribution in [0.3, 0.4) is 0 Å². The first-order valence-electron chi connectivity index (χ1n) is 5.46. The fraction of sp³-hybridized carbons (Fsp3) is 0.636. The lowest BCUT2D eigenvalue weighted by Gasteiger charge is -2.23. The highest BCUT2D eigenvalue weighted by molar-refractivity contribution is 5.97. The van der Waals surface area contributed by atoms with E-state index in [0.717, 1.165) is 6.42 Å². The summed E-state index contributed by atoms with van der Waals surface area (Å²) in [5.41, 5.74) is 7.50. The lowest BCUT2D eigenvalue weighted by atomic mass is 10.2. The largest absolute Gasteiger partial charge is 0.395 e. The molecule has 1 amide bonds. The van der Waals surface area contributed by atoms with Gasteiger partial charge in [-0.25, -0.2) is 0 Å². The molecule has 5 heteroatoms. The smallest absolute Gasteiger partial charge is 0.274 e. The zero-order chi connectivity index (χ0) is 12.5. The molecule has 0 aliphatic carbocycles. The number of nitrogens with two attached hydrogens (primary N) is 1. The zero-order valence-electron chi connectivity index (χ0n) is 10.6. The monoisotopic (exact) mass is 224 g/mol. The molecule has 0 bridgehead atoms. The van der Waals surface area contributed by atoms with Crippen molar-refractivity contribution in [3.05, 3.63) is 11.4 Å². The summed E-state index contributed by atoms with van der Waals surface area (Å²) in [4.78, 5) is 13.9. The Labute approximate surface area is 96.2 Å². The molecule has 0 aliphatic heterocycles. The second-order valence-electron chi connectivity index (χ2n) is 4.14. The summed E-state index contributed by atoms with van der Waals surface area (Å²) in [6.07, 6.45) is 0.916. The molecule has 16 heavy (non-hydrogen) atoms. The van der Waals surface area contributed by atoms with Crippen molar-refractivity contribution in [3.8, 4) is 0 Å². The maximum atomic E-state index is 12.2. The predicted molar refractivity (Wildman–Crippen MR) is 64.2 cm³/mol. The number of aromatic nitrogens is 2. The molecule has 0 saturated heterocycles. The van der Waals surface area contributed by atoms with Crippen LogP contribution in [-0.4, -0.2) is 33.7 Å². The third-order valence-corrected chi connectivity index (χ3v) is 3.04. The second kappa shape index (κ2) is 4.55. The number of hydrogen-bond acceptors (Lipinski definition) is 3. The molecule has 0 fully saturated rings. The standard InChI is InChI=1S/C11H20N4O/c1-6-7(2)14(4)11(16)10-9(12)8(3)13-15(10)5/h7H,6,12H2,1-5H3. The molecular formula is C11H20N4O. The highest BCUT2D eigenvalue weighted by atomic mass is 16.2. The summed E-state index contributed by atoms with van der Waals surface area (Å²) < 4.78 is 1.55. The molecule has 1 rings (SSSR count). The molecule has 0 radical (unpaired) electrons. The van der Waals surface area contributed by atoms with Gasteiger partial charge >= 0.3 is 0 Å². The van der Waals surface area contributed by atoms with Gasteiger partial charge < -0.3 is 10.6 Å². The topological polar surface area (TPSA) is 64.2 Å². The minimum absolute atomic E-state index is 0.0741. The van der Waals surface area contributed by atoms with Gasteiger partial charge in [-0.05, 0) is 20.3 Å². The zero-order valence-corrected chi connectivity index (χ0v) is 10.6. The van der Waals surface area contributed by atoms with Crippen LogP contribution in [0.25, 0.3) is 0 Å². The van der Waals surface area contributed by atoms with Crippen LogP contribution in [0.4, 0.5) is 5.69 Å². The molecule has 5 nitrogen and oxygen atoms in total. The van der Waals surface area contributed by atoms with Gasteiger partial charge in [0.1, 0.15) is 5.69 Å². The molecule has 0 spiro atoms. The Balaban J connectivity index is 3.05. The van der Waals surface area contributed by atoms with Crippen LogP contribution in [0, 0.1) is 6.92 Å². The Kier molecular flexibility index (Phi) is 3.57. The van der Waals surface area contributed by atoms with Crippen molar-refractivity contribution in [2.24, 2.45) is 7.05 Å². The van der Waals surface area contributed by atoms with E-state index in [2.05, 4.69) is 5.10 Å². The van der Waals surface area contributed by atoms with E-state index < -0.39 is 0 Å². The van der Waals surface area contributed by atoms with Gasteiger partial charge in [0.25, 0.3) is 5.91 Å². The van der Waals surface area contributed by atoms with E-state index in [-0.39, 0.29) is 11.9 Å². The highest BCUT2D eigenvalue weighted by Crippen LogP contribution is 2.18. The molecule has 0 aliphatic rings. The molecule has 2 N–H and O–H groups in total. The van der Waals surface area contributed by atoms with Crippen molar-refractivity contribution in [2.45, 2.75) is 33.2 Å². The van der Waals surface area contributed by atoms with Crippen LogP contribution in [0.15, 0.2) is 0 Å². The quantitative estimate of drug-likeness (QED) is 0.838. The molecular weight excluding hydrogens is 204 g/mol. The van der Waals surface area contributed by atoms with Crippen LogP contribution in [-0.2, 0) is 7.05 Å². The molecule has 1 atom stereocenters. The summed E-state index contributed by atoms with van der Waals surface area (Å²) >= 11 is 0. The predicted octanol–water partition coefficient (Wildman–Crippen LogP) is 1.18. The number of nitrogens with zero attached hydrogens (tertiary/aromatic N) is 3. The van der Waals surface area contributed by atoms with E-state index in [1.165, 1.54) is 0 Å². The number of carbonyl (C=O) groups excluding carboxylic acids is 1. The number of anilines is 1. The van der Waals surface area contributed by atoms with Gasteiger partial charge in [-0.3, -0.25) is 9.48 Å². The lowest BCUT2D eigenvalue weighted by molar-refractivity contribution is 0.0730. The maximum Gasteiger partial charge on any atom is 0.274 e. The number of amides is 1. The van der Waals surface area contributed by atoms with Gasteiger partial charge in [-0.2, -0.15) is 5.10 Å². The number of aryl methyl sites for hydroxylation is 2. The summed E-state index contributed by atoms with van der Waals surface area (Å²) in [7, 11) is 3.53. The van der Waals surface area contributed by atoms with Crippen LogP contribution in [0.5, 0.6) is 0 Å². The fourth-order valence-corrected chi connectivity index (χ4v) is 1.57. The van der Waals surface area contributed by atoms with Crippen molar-refractivity contribution >= 4 is 11.6 Å². The van der Waals surface area contributed by atoms with E-state index in [9.17, 15) is 4.79 Å². The van der Waals surface area contributed by atoms with Gasteiger partial charge in [0, 0.05) is 20.1 Å². The van der Waals surface area contributed by atoms with E-state index in [0.29, 0.717) is 17.1 Å². The third-order valence-electron chi connectivity index (χ3n) is 3.04. The molecule has 1 unspecified atom stereocenters. The third kappa shape index (κ3) is 2.03. The molecule has 0 saturated carbocycles. The van der Waals surface area contributed by atoms with Crippen molar-refractivity contribution < 1.29 is 4.79 Å². The summed E-state index contributed by atoms with van der Waals surface area (Å²) in [6, 6.07) is 0.196. The van der Waals surface area contributed by atoms with Gasteiger partial charge in [-0.15, -0.1) is 0 Å². The Morgan fingerprint density at radius 3 is 2.56 bits per heavy atom. The van der Waals surface area contributed by atoms with E-state index >= 15 is 0 Å². The summed E-state index contributed by atoms with van der Waals surface area (Å²) in [5, 5.41) is 4.14. The van der Waals surface area contributed by atoms with Crippen molar-refractivity contribution in [2.75, 3.05) is 12.8 Å². The normalized spacial score (nSPS) is 12.6. The first kappa shape index (κ1) is 12.5. The lowest BCUT2D eigenvalue weighted by Crippen LogP contribution is -2.36. The Hall–Kier alpha value is -1.52. The average Bonchev–Trinajstić information content (AvgIpc) is 2.50. The molecule has 0 aromatic carbocycles. The average molecular weight is 224 g/mol. The van der Waals surface area contributed by atoms with Gasteiger partial charge in [0.15, 0.2) is 0 Å². The summed E-state index contributed by atoms with van der Waals surface area (Å²) in [6.45, 7) is 5.86. The van der Waals surface area contributed by atoms with Gasteiger partial charge in [0.2, 0.25) is 0 Å². The van der Waals surface area contributed by atoms with Gasteiger partial charge in [0.05, 0.1) is 11.4 Å². The maximum absolute atomic E-state index is 12.2. The number of rotatable bonds is 3. The van der Waals surface area contributed by atoms with Crippen LogP contribution in [0.1, 0.15) is 36.5 Å². The minimum atomic E-state index is -0.0741.